The summed E-state index contributed by atoms with van der Waals surface area (Å²) in [6.45, 7) is -0.786. The van der Waals surface area contributed by atoms with Gasteiger partial charge in [0.25, 0.3) is 0 Å². The molecule has 0 spiro atoms. The fourth-order valence-electron chi connectivity index (χ4n) is 1.04. The Kier molecular flexibility index (Phi) is 3.69. The van der Waals surface area contributed by atoms with E-state index in [1.54, 1.807) is 0 Å². The molecule has 15 heavy (non-hydrogen) atoms. The molecule has 0 radical (unpaired) electrons. The second-order valence-corrected chi connectivity index (χ2v) is 3.57. The normalized spacial score (nSPS) is 13.0. The van der Waals surface area contributed by atoms with E-state index in [9.17, 15) is 17.6 Å². The monoisotopic (exact) mass is 287 g/mol. The van der Waals surface area contributed by atoms with Gasteiger partial charge in [-0.05, 0) is 15.9 Å². The highest BCUT2D eigenvalue weighted by Gasteiger charge is 2.26. The van der Waals surface area contributed by atoms with Gasteiger partial charge in [-0.3, -0.25) is 0 Å². The highest BCUT2D eigenvalue weighted by atomic mass is 79.9. The van der Waals surface area contributed by atoms with E-state index in [0.717, 1.165) is 0 Å². The Bertz CT molecular complexity index is 370. The number of benzene rings is 1. The highest BCUT2D eigenvalue weighted by molar-refractivity contribution is 9.10. The fourth-order valence-corrected chi connectivity index (χ4v) is 1.43. The summed E-state index contributed by atoms with van der Waals surface area (Å²) in [5, 5.41) is 8.60. The first kappa shape index (κ1) is 12.4. The Morgan fingerprint density at radius 1 is 1.07 bits per heavy atom. The number of aliphatic hydroxyl groups is 1. The smallest absolute Gasteiger partial charge is 0.196 e. The third-order valence-corrected chi connectivity index (χ3v) is 2.51. The Labute approximate surface area is 90.8 Å². The zero-order valence-corrected chi connectivity index (χ0v) is 8.78. The van der Waals surface area contributed by atoms with Crippen LogP contribution in [0.3, 0.4) is 0 Å². The van der Waals surface area contributed by atoms with Crippen LogP contribution < -0.4 is 5.73 Å². The predicted octanol–water partition coefficient (Wildman–Crippen LogP) is 2.00. The second-order valence-electron chi connectivity index (χ2n) is 2.77. The van der Waals surface area contributed by atoms with Gasteiger partial charge in [-0.25, -0.2) is 17.6 Å². The van der Waals surface area contributed by atoms with Crippen LogP contribution in [0.4, 0.5) is 17.6 Å². The zero-order valence-electron chi connectivity index (χ0n) is 7.20. The van der Waals surface area contributed by atoms with Crippen molar-refractivity contribution in [2.75, 3.05) is 6.61 Å². The molecule has 1 aromatic rings. The quantitative estimate of drug-likeness (QED) is 0.496. The highest BCUT2D eigenvalue weighted by Crippen LogP contribution is 2.30. The molecular formula is C8H6BrF4NO. The number of aliphatic hydroxyl groups excluding tert-OH is 1. The van der Waals surface area contributed by atoms with Crippen molar-refractivity contribution in [3.63, 3.8) is 0 Å². The van der Waals surface area contributed by atoms with Crippen LogP contribution in [0.15, 0.2) is 4.47 Å². The van der Waals surface area contributed by atoms with Gasteiger partial charge in [0.1, 0.15) is 5.82 Å². The van der Waals surface area contributed by atoms with Crippen LogP contribution >= 0.6 is 15.9 Å². The largest absolute Gasteiger partial charge is 0.394 e. The summed E-state index contributed by atoms with van der Waals surface area (Å²) in [6.07, 6.45) is 0. The van der Waals surface area contributed by atoms with Gasteiger partial charge < -0.3 is 10.8 Å². The van der Waals surface area contributed by atoms with Crippen molar-refractivity contribution in [3.05, 3.63) is 33.3 Å². The lowest BCUT2D eigenvalue weighted by Gasteiger charge is -2.13. The summed E-state index contributed by atoms with van der Waals surface area (Å²) in [7, 11) is 0. The molecule has 0 aromatic heterocycles. The molecule has 0 aliphatic heterocycles. The molecule has 84 valence electrons. The average molecular weight is 288 g/mol. The summed E-state index contributed by atoms with van der Waals surface area (Å²) in [5.74, 6) is -6.58. The molecule has 1 rings (SSSR count). The average Bonchev–Trinajstić information content (AvgIpc) is 2.23. The minimum absolute atomic E-state index is 0.786. The number of halogens is 5. The number of nitrogens with two attached hydrogens (primary N) is 1. The van der Waals surface area contributed by atoms with Gasteiger partial charge in [0.05, 0.1) is 17.1 Å². The van der Waals surface area contributed by atoms with Gasteiger partial charge in [0.15, 0.2) is 17.5 Å². The Morgan fingerprint density at radius 2 is 1.60 bits per heavy atom. The molecule has 1 aromatic carbocycles. The van der Waals surface area contributed by atoms with E-state index in [-0.39, 0.29) is 0 Å². The van der Waals surface area contributed by atoms with E-state index < -0.39 is 46.0 Å². The van der Waals surface area contributed by atoms with E-state index in [1.807, 2.05) is 0 Å². The first-order valence-electron chi connectivity index (χ1n) is 3.79. The lowest BCUT2D eigenvalue weighted by Crippen LogP contribution is -2.20. The summed E-state index contributed by atoms with van der Waals surface area (Å²) in [5.41, 5.74) is 4.26. The summed E-state index contributed by atoms with van der Waals surface area (Å²) in [4.78, 5) is 0. The van der Waals surface area contributed by atoms with Crippen LogP contribution in [0.25, 0.3) is 0 Å². The molecule has 0 fully saturated rings. The molecule has 0 unspecified atom stereocenters. The SMILES string of the molecule is N[C@H](CO)c1c(F)c(F)c(F)c(Br)c1F. The maximum absolute atomic E-state index is 13.3. The minimum Gasteiger partial charge on any atom is -0.394 e. The topological polar surface area (TPSA) is 46.2 Å². The summed E-state index contributed by atoms with van der Waals surface area (Å²) < 4.78 is 51.1. The van der Waals surface area contributed by atoms with Crippen LogP contribution in [0.2, 0.25) is 0 Å². The molecular weight excluding hydrogens is 282 g/mol. The van der Waals surface area contributed by atoms with Gasteiger partial charge in [0.2, 0.25) is 0 Å². The molecule has 2 nitrogen and oxygen atoms in total. The molecule has 1 atom stereocenters. The molecule has 0 bridgehead atoms. The minimum atomic E-state index is -1.83. The predicted molar refractivity (Wildman–Crippen MR) is 48.0 cm³/mol. The second kappa shape index (κ2) is 4.46. The van der Waals surface area contributed by atoms with E-state index in [4.69, 9.17) is 10.8 Å². The molecule has 0 saturated carbocycles. The lowest BCUT2D eigenvalue weighted by molar-refractivity contribution is 0.259. The maximum Gasteiger partial charge on any atom is 0.196 e. The lowest BCUT2D eigenvalue weighted by atomic mass is 10.1. The molecule has 0 aliphatic rings. The van der Waals surface area contributed by atoms with Gasteiger partial charge in [-0.2, -0.15) is 0 Å². The van der Waals surface area contributed by atoms with Crippen molar-refractivity contribution in [2.24, 2.45) is 5.73 Å². The van der Waals surface area contributed by atoms with E-state index in [2.05, 4.69) is 15.9 Å². The van der Waals surface area contributed by atoms with Crippen molar-refractivity contribution >= 4 is 15.9 Å². The first-order valence-corrected chi connectivity index (χ1v) is 4.58. The Balaban J connectivity index is 3.52. The fraction of sp³-hybridized carbons (Fsp3) is 0.250. The zero-order chi connectivity index (χ0) is 11.7. The third-order valence-electron chi connectivity index (χ3n) is 1.81. The van der Waals surface area contributed by atoms with Gasteiger partial charge in [-0.1, -0.05) is 0 Å². The Hall–Kier alpha value is -0.660. The van der Waals surface area contributed by atoms with Crippen LogP contribution in [-0.2, 0) is 0 Å². The molecule has 3 N–H and O–H groups in total. The summed E-state index contributed by atoms with van der Waals surface area (Å²) in [6, 6.07) is -1.45. The Morgan fingerprint density at radius 3 is 2.07 bits per heavy atom. The first-order chi connectivity index (χ1) is 6.91. The van der Waals surface area contributed by atoms with Gasteiger partial charge in [0, 0.05) is 5.56 Å². The van der Waals surface area contributed by atoms with E-state index in [1.165, 1.54) is 0 Å². The van der Waals surface area contributed by atoms with Crippen molar-refractivity contribution in [1.29, 1.82) is 0 Å². The maximum atomic E-state index is 13.3. The van der Waals surface area contributed by atoms with Crippen molar-refractivity contribution in [1.82, 2.24) is 0 Å². The van der Waals surface area contributed by atoms with Crippen LogP contribution in [0, 0.1) is 23.3 Å². The molecule has 0 amide bonds. The van der Waals surface area contributed by atoms with E-state index in [0.29, 0.717) is 0 Å². The van der Waals surface area contributed by atoms with Crippen molar-refractivity contribution < 1.29 is 22.7 Å². The summed E-state index contributed by atoms with van der Waals surface area (Å²) >= 11 is 2.42. The number of hydrogen-bond donors (Lipinski definition) is 2. The number of rotatable bonds is 2. The van der Waals surface area contributed by atoms with Crippen molar-refractivity contribution in [3.8, 4) is 0 Å². The van der Waals surface area contributed by atoms with Gasteiger partial charge in [-0.15, -0.1) is 0 Å². The molecule has 0 heterocycles. The van der Waals surface area contributed by atoms with Gasteiger partial charge >= 0.3 is 0 Å². The third kappa shape index (κ3) is 1.99. The number of hydrogen-bond acceptors (Lipinski definition) is 2. The molecule has 7 heteroatoms. The standard InChI is InChI=1S/C8H6BrF4NO/c9-4-5(10)3(2(14)1-15)6(11)8(13)7(4)12/h2,15H,1,14H2/t2-/m1/s1. The molecule has 0 saturated heterocycles. The van der Waals surface area contributed by atoms with Crippen LogP contribution in [0.1, 0.15) is 11.6 Å². The van der Waals surface area contributed by atoms with Crippen LogP contribution in [-0.4, -0.2) is 11.7 Å². The van der Waals surface area contributed by atoms with Crippen LogP contribution in [0.5, 0.6) is 0 Å². The molecule has 0 aliphatic carbocycles. The van der Waals surface area contributed by atoms with Crippen molar-refractivity contribution in [2.45, 2.75) is 6.04 Å². The van der Waals surface area contributed by atoms with E-state index >= 15 is 0 Å².